The zero-order chi connectivity index (χ0) is 14.0. The van der Waals surface area contributed by atoms with Gasteiger partial charge in [0.15, 0.2) is 5.78 Å². The minimum Gasteiger partial charge on any atom is -0.358 e. The van der Waals surface area contributed by atoms with E-state index in [2.05, 4.69) is 19.2 Å². The Morgan fingerprint density at radius 1 is 1.32 bits per heavy atom. The van der Waals surface area contributed by atoms with Crippen LogP contribution >= 0.6 is 0 Å². The lowest BCUT2D eigenvalue weighted by atomic mass is 9.76. The maximum absolute atomic E-state index is 12.0. The summed E-state index contributed by atoms with van der Waals surface area (Å²) in [6, 6.07) is 9.97. The van der Waals surface area contributed by atoms with Crippen molar-refractivity contribution in [2.24, 2.45) is 5.41 Å². The van der Waals surface area contributed by atoms with Crippen molar-refractivity contribution in [3.05, 3.63) is 41.1 Å². The summed E-state index contributed by atoms with van der Waals surface area (Å²) >= 11 is 0. The quantitative estimate of drug-likeness (QED) is 0.877. The van der Waals surface area contributed by atoms with E-state index < -0.39 is 0 Å². The lowest BCUT2D eigenvalue weighted by Gasteiger charge is -2.30. The predicted molar refractivity (Wildman–Crippen MR) is 75.5 cm³/mol. The molecule has 0 radical (unpaired) electrons. The molecular weight excluding hydrogens is 236 g/mol. The van der Waals surface area contributed by atoms with Crippen LogP contribution in [0.4, 0.5) is 5.69 Å². The molecule has 98 valence electrons. The molecule has 0 bridgehead atoms. The second-order valence-corrected chi connectivity index (χ2v) is 5.90. The molecule has 1 aliphatic carbocycles. The first-order chi connectivity index (χ1) is 8.91. The standard InChI is InChI=1S/C16H18N2O/c1-11-5-4-6-12(7-11)18-14-8-16(2,3)9-15(19)13(14)10-17/h4-7,18H,8-9H2,1-3H3. The third kappa shape index (κ3) is 3.03. The molecule has 0 heterocycles. The molecule has 0 fully saturated rings. The average Bonchev–Trinajstić information content (AvgIpc) is 2.27. The third-order valence-corrected chi connectivity index (χ3v) is 3.30. The Hall–Kier alpha value is -2.08. The number of nitriles is 1. The summed E-state index contributed by atoms with van der Waals surface area (Å²) in [5.74, 6) is -0.0612. The first-order valence-electron chi connectivity index (χ1n) is 6.41. The van der Waals surface area contributed by atoms with E-state index in [-0.39, 0.29) is 16.8 Å². The Morgan fingerprint density at radius 2 is 2.05 bits per heavy atom. The highest BCUT2D eigenvalue weighted by molar-refractivity contribution is 6.01. The van der Waals surface area contributed by atoms with Crippen LogP contribution in [0.1, 0.15) is 32.3 Å². The van der Waals surface area contributed by atoms with Crippen LogP contribution in [0, 0.1) is 23.7 Å². The van der Waals surface area contributed by atoms with E-state index in [1.807, 2.05) is 37.3 Å². The lowest BCUT2D eigenvalue weighted by Crippen LogP contribution is -2.28. The number of rotatable bonds is 2. The Labute approximate surface area is 113 Å². The number of Topliss-reactive ketones (excluding diaryl/α,β-unsaturated/α-hetero) is 1. The van der Waals surface area contributed by atoms with Crippen molar-refractivity contribution in [1.29, 1.82) is 5.26 Å². The number of hydrogen-bond donors (Lipinski definition) is 1. The molecule has 2 rings (SSSR count). The number of allylic oxidation sites excluding steroid dienone is 2. The molecule has 0 aromatic heterocycles. The molecule has 0 unspecified atom stereocenters. The van der Waals surface area contributed by atoms with Crippen molar-refractivity contribution in [3.8, 4) is 6.07 Å². The second kappa shape index (κ2) is 4.89. The van der Waals surface area contributed by atoms with Gasteiger partial charge in [-0.15, -0.1) is 0 Å². The summed E-state index contributed by atoms with van der Waals surface area (Å²) in [6.45, 7) is 6.12. The smallest absolute Gasteiger partial charge is 0.175 e. The molecule has 0 saturated heterocycles. The van der Waals surface area contributed by atoms with E-state index in [9.17, 15) is 4.79 Å². The highest BCUT2D eigenvalue weighted by Crippen LogP contribution is 2.36. The molecule has 0 aliphatic heterocycles. The minimum absolute atomic E-state index is 0.0612. The molecule has 19 heavy (non-hydrogen) atoms. The number of carbonyl (C=O) groups excluding carboxylic acids is 1. The Balaban J connectivity index is 2.35. The van der Waals surface area contributed by atoms with E-state index in [1.54, 1.807) is 0 Å². The van der Waals surface area contributed by atoms with Crippen LogP contribution in [0.25, 0.3) is 0 Å². The molecule has 0 saturated carbocycles. The lowest BCUT2D eigenvalue weighted by molar-refractivity contribution is -0.117. The van der Waals surface area contributed by atoms with Gasteiger partial charge in [-0.3, -0.25) is 4.79 Å². The fraction of sp³-hybridized carbons (Fsp3) is 0.375. The molecular formula is C16H18N2O. The summed E-state index contributed by atoms with van der Waals surface area (Å²) in [4.78, 5) is 12.0. The summed E-state index contributed by atoms with van der Waals surface area (Å²) in [5.41, 5.74) is 3.00. The van der Waals surface area contributed by atoms with Crippen LogP contribution in [-0.4, -0.2) is 5.78 Å². The van der Waals surface area contributed by atoms with Gasteiger partial charge in [-0.05, 0) is 36.5 Å². The van der Waals surface area contributed by atoms with Gasteiger partial charge in [0.25, 0.3) is 0 Å². The van der Waals surface area contributed by atoms with Crippen molar-refractivity contribution < 1.29 is 4.79 Å². The molecule has 1 aromatic carbocycles. The maximum Gasteiger partial charge on any atom is 0.175 e. The highest BCUT2D eigenvalue weighted by atomic mass is 16.1. The monoisotopic (exact) mass is 254 g/mol. The molecule has 0 spiro atoms. The molecule has 0 amide bonds. The minimum atomic E-state index is -0.0937. The zero-order valence-corrected chi connectivity index (χ0v) is 11.6. The van der Waals surface area contributed by atoms with Gasteiger partial charge in [0, 0.05) is 17.8 Å². The first kappa shape index (κ1) is 13.4. The Morgan fingerprint density at radius 3 is 2.68 bits per heavy atom. The number of benzene rings is 1. The van der Waals surface area contributed by atoms with Gasteiger partial charge in [-0.25, -0.2) is 0 Å². The van der Waals surface area contributed by atoms with Gasteiger partial charge in [0.2, 0.25) is 0 Å². The maximum atomic E-state index is 12.0. The fourth-order valence-corrected chi connectivity index (χ4v) is 2.45. The molecule has 1 aliphatic rings. The highest BCUT2D eigenvalue weighted by Gasteiger charge is 2.33. The number of nitrogens with zero attached hydrogens (tertiary/aromatic N) is 1. The number of nitrogens with one attached hydrogen (secondary N) is 1. The molecule has 0 atom stereocenters. The van der Waals surface area contributed by atoms with E-state index in [0.29, 0.717) is 6.42 Å². The van der Waals surface area contributed by atoms with Gasteiger partial charge < -0.3 is 5.32 Å². The van der Waals surface area contributed by atoms with Gasteiger partial charge in [-0.1, -0.05) is 26.0 Å². The number of hydrogen-bond acceptors (Lipinski definition) is 3. The van der Waals surface area contributed by atoms with Crippen molar-refractivity contribution in [2.75, 3.05) is 5.32 Å². The van der Waals surface area contributed by atoms with Gasteiger partial charge in [-0.2, -0.15) is 5.26 Å². The number of aryl methyl sites for hydroxylation is 1. The van der Waals surface area contributed by atoms with Crippen LogP contribution in [0.2, 0.25) is 0 Å². The van der Waals surface area contributed by atoms with Crippen molar-refractivity contribution in [3.63, 3.8) is 0 Å². The summed E-state index contributed by atoms with van der Waals surface area (Å²) < 4.78 is 0. The van der Waals surface area contributed by atoms with Crippen molar-refractivity contribution >= 4 is 11.5 Å². The van der Waals surface area contributed by atoms with Gasteiger partial charge in [0.05, 0.1) is 0 Å². The van der Waals surface area contributed by atoms with Crippen molar-refractivity contribution in [1.82, 2.24) is 0 Å². The summed E-state index contributed by atoms with van der Waals surface area (Å²) in [6.07, 6.45) is 1.16. The number of carbonyl (C=O) groups is 1. The van der Waals surface area contributed by atoms with Crippen LogP contribution in [-0.2, 0) is 4.79 Å². The van der Waals surface area contributed by atoms with Crippen LogP contribution in [0.3, 0.4) is 0 Å². The fourth-order valence-electron chi connectivity index (χ4n) is 2.45. The largest absolute Gasteiger partial charge is 0.358 e. The second-order valence-electron chi connectivity index (χ2n) is 5.90. The van der Waals surface area contributed by atoms with Crippen LogP contribution in [0.5, 0.6) is 0 Å². The Bertz CT molecular complexity index is 591. The van der Waals surface area contributed by atoms with Crippen LogP contribution < -0.4 is 5.32 Å². The van der Waals surface area contributed by atoms with Gasteiger partial charge >= 0.3 is 0 Å². The van der Waals surface area contributed by atoms with Crippen molar-refractivity contribution in [2.45, 2.75) is 33.6 Å². The van der Waals surface area contributed by atoms with Crippen LogP contribution in [0.15, 0.2) is 35.5 Å². The van der Waals surface area contributed by atoms with Gasteiger partial charge in [0.1, 0.15) is 11.6 Å². The topological polar surface area (TPSA) is 52.9 Å². The summed E-state index contributed by atoms with van der Waals surface area (Å²) in [5, 5.41) is 12.4. The average molecular weight is 254 g/mol. The Kier molecular flexibility index (Phi) is 3.44. The summed E-state index contributed by atoms with van der Waals surface area (Å²) in [7, 11) is 0. The van der Waals surface area contributed by atoms with E-state index in [0.717, 1.165) is 23.4 Å². The van der Waals surface area contributed by atoms with E-state index in [1.165, 1.54) is 0 Å². The predicted octanol–water partition coefficient (Wildman–Crippen LogP) is 3.57. The number of anilines is 1. The SMILES string of the molecule is Cc1cccc(NC2=C(C#N)C(=O)CC(C)(C)C2)c1. The molecule has 1 N–H and O–H groups in total. The number of ketones is 1. The van der Waals surface area contributed by atoms with E-state index >= 15 is 0 Å². The van der Waals surface area contributed by atoms with E-state index in [4.69, 9.17) is 5.26 Å². The zero-order valence-electron chi connectivity index (χ0n) is 11.6. The molecule has 3 nitrogen and oxygen atoms in total. The first-order valence-corrected chi connectivity index (χ1v) is 6.41. The molecule has 3 heteroatoms. The normalized spacial score (nSPS) is 18.1. The molecule has 1 aromatic rings. The third-order valence-electron chi connectivity index (χ3n) is 3.30.